The van der Waals surface area contributed by atoms with Crippen molar-refractivity contribution in [3.63, 3.8) is 0 Å². The second-order valence-corrected chi connectivity index (χ2v) is 10.4. The molecule has 25 heavy (non-hydrogen) atoms. The van der Waals surface area contributed by atoms with Crippen LogP contribution in [0.4, 0.5) is 0 Å². The van der Waals surface area contributed by atoms with Crippen LogP contribution in [0.25, 0.3) is 0 Å². The lowest BCUT2D eigenvalue weighted by atomic mass is 9.83. The molecule has 2 heteroatoms. The second kappa shape index (κ2) is 7.04. The highest BCUT2D eigenvalue weighted by molar-refractivity contribution is 5.29. The maximum atomic E-state index is 2.71. The van der Waals surface area contributed by atoms with Gasteiger partial charge in [0, 0.05) is 25.2 Å². The van der Waals surface area contributed by atoms with Crippen LogP contribution < -0.4 is 0 Å². The summed E-state index contributed by atoms with van der Waals surface area (Å²) >= 11 is 0. The Bertz CT molecular complexity index is 547. The van der Waals surface area contributed by atoms with E-state index in [1.807, 2.05) is 0 Å². The summed E-state index contributed by atoms with van der Waals surface area (Å²) in [6, 6.07) is 9.45. The van der Waals surface area contributed by atoms with E-state index < -0.39 is 0 Å². The molecule has 2 aliphatic rings. The third kappa shape index (κ3) is 4.65. The molecule has 0 radical (unpaired) electrons. The molecule has 0 saturated carbocycles. The molecule has 0 aliphatic carbocycles. The van der Waals surface area contributed by atoms with Crippen LogP contribution in [0.2, 0.25) is 0 Å². The Balaban J connectivity index is 1.45. The van der Waals surface area contributed by atoms with Gasteiger partial charge in [0.05, 0.1) is 0 Å². The standard InChI is InChI=1S/C23H38N2/c1-22(2,3)21-9-7-19(8-10-21)20-11-13-24(14-12-20)15-18-16-25(17-18)23(4,5)6/h7-10,18,20H,11-17H2,1-6H3. The van der Waals surface area contributed by atoms with Crippen molar-refractivity contribution in [2.24, 2.45) is 5.92 Å². The zero-order valence-corrected chi connectivity index (χ0v) is 17.3. The Kier molecular flexibility index (Phi) is 5.33. The number of nitrogens with zero attached hydrogens (tertiary/aromatic N) is 2. The van der Waals surface area contributed by atoms with E-state index in [1.165, 1.54) is 51.1 Å². The third-order valence-corrected chi connectivity index (χ3v) is 6.26. The summed E-state index contributed by atoms with van der Waals surface area (Å²) in [7, 11) is 0. The molecule has 1 aromatic carbocycles. The Morgan fingerprint density at radius 1 is 0.880 bits per heavy atom. The molecule has 0 spiro atoms. The number of piperidine rings is 1. The first kappa shape index (κ1) is 18.9. The zero-order valence-electron chi connectivity index (χ0n) is 17.3. The van der Waals surface area contributed by atoms with E-state index in [2.05, 4.69) is 75.6 Å². The monoisotopic (exact) mass is 342 g/mol. The van der Waals surface area contributed by atoms with E-state index in [9.17, 15) is 0 Å². The van der Waals surface area contributed by atoms with Gasteiger partial charge in [0.15, 0.2) is 0 Å². The summed E-state index contributed by atoms with van der Waals surface area (Å²) in [4.78, 5) is 5.33. The van der Waals surface area contributed by atoms with Crippen molar-refractivity contribution in [3.05, 3.63) is 35.4 Å². The zero-order chi connectivity index (χ0) is 18.2. The maximum Gasteiger partial charge on any atom is 0.0125 e. The van der Waals surface area contributed by atoms with Crippen molar-refractivity contribution in [2.45, 2.75) is 71.3 Å². The Hall–Kier alpha value is -0.860. The van der Waals surface area contributed by atoms with Crippen LogP contribution in [0.5, 0.6) is 0 Å². The lowest BCUT2D eigenvalue weighted by Gasteiger charge is -2.49. The van der Waals surface area contributed by atoms with Crippen LogP contribution in [-0.4, -0.2) is 48.1 Å². The SMILES string of the molecule is CC(C)(C)c1ccc(C2CCN(CC3CN(C(C)(C)C)C3)CC2)cc1. The molecule has 0 bridgehead atoms. The molecule has 2 heterocycles. The maximum absolute atomic E-state index is 2.71. The fourth-order valence-electron chi connectivity index (χ4n) is 4.30. The minimum absolute atomic E-state index is 0.256. The van der Waals surface area contributed by atoms with Gasteiger partial charge in [-0.05, 0) is 75.1 Å². The van der Waals surface area contributed by atoms with Gasteiger partial charge in [-0.15, -0.1) is 0 Å². The van der Waals surface area contributed by atoms with Gasteiger partial charge in [0.1, 0.15) is 0 Å². The topological polar surface area (TPSA) is 6.48 Å². The number of rotatable bonds is 3. The van der Waals surface area contributed by atoms with Gasteiger partial charge < -0.3 is 4.90 Å². The van der Waals surface area contributed by atoms with Crippen LogP contribution in [-0.2, 0) is 5.41 Å². The summed E-state index contributed by atoms with van der Waals surface area (Å²) in [5.41, 5.74) is 3.60. The lowest BCUT2D eigenvalue weighted by molar-refractivity contribution is -0.00490. The highest BCUT2D eigenvalue weighted by Crippen LogP contribution is 2.32. The molecule has 0 unspecified atom stereocenters. The summed E-state index contributed by atoms with van der Waals surface area (Å²) in [6.45, 7) is 20.3. The van der Waals surface area contributed by atoms with E-state index >= 15 is 0 Å². The van der Waals surface area contributed by atoms with Gasteiger partial charge in [-0.3, -0.25) is 4.90 Å². The third-order valence-electron chi connectivity index (χ3n) is 6.26. The van der Waals surface area contributed by atoms with Gasteiger partial charge in [0.2, 0.25) is 0 Å². The van der Waals surface area contributed by atoms with Crippen LogP contribution >= 0.6 is 0 Å². The van der Waals surface area contributed by atoms with Crippen molar-refractivity contribution < 1.29 is 0 Å². The smallest absolute Gasteiger partial charge is 0.0125 e. The Morgan fingerprint density at radius 3 is 1.92 bits per heavy atom. The molecule has 0 aromatic heterocycles. The molecule has 2 fully saturated rings. The van der Waals surface area contributed by atoms with E-state index in [1.54, 1.807) is 5.56 Å². The second-order valence-electron chi connectivity index (χ2n) is 10.4. The fraction of sp³-hybridized carbons (Fsp3) is 0.739. The molecular formula is C23H38N2. The first-order valence-electron chi connectivity index (χ1n) is 10.2. The number of likely N-dealkylation sites (tertiary alicyclic amines) is 2. The molecule has 3 rings (SSSR count). The highest BCUT2D eigenvalue weighted by Gasteiger charge is 2.35. The fourth-order valence-corrected chi connectivity index (χ4v) is 4.30. The largest absolute Gasteiger partial charge is 0.303 e. The van der Waals surface area contributed by atoms with Crippen LogP contribution in [0, 0.1) is 5.92 Å². The van der Waals surface area contributed by atoms with Crippen molar-refractivity contribution in [3.8, 4) is 0 Å². The Morgan fingerprint density at radius 2 is 1.44 bits per heavy atom. The first-order chi connectivity index (χ1) is 11.6. The summed E-state index contributed by atoms with van der Waals surface area (Å²) in [6.07, 6.45) is 2.65. The van der Waals surface area contributed by atoms with E-state index in [0.29, 0.717) is 5.54 Å². The quantitative estimate of drug-likeness (QED) is 0.771. The number of hydrogen-bond donors (Lipinski definition) is 0. The number of benzene rings is 1. The summed E-state index contributed by atoms with van der Waals surface area (Å²) in [5, 5.41) is 0. The van der Waals surface area contributed by atoms with Gasteiger partial charge in [0.25, 0.3) is 0 Å². The summed E-state index contributed by atoms with van der Waals surface area (Å²) in [5.74, 6) is 1.65. The van der Waals surface area contributed by atoms with Crippen molar-refractivity contribution in [1.29, 1.82) is 0 Å². The Labute approximate surface area is 155 Å². The van der Waals surface area contributed by atoms with Gasteiger partial charge >= 0.3 is 0 Å². The molecular weight excluding hydrogens is 304 g/mol. The van der Waals surface area contributed by atoms with Gasteiger partial charge in [-0.1, -0.05) is 45.0 Å². The minimum atomic E-state index is 0.256. The molecule has 140 valence electrons. The molecule has 1 aromatic rings. The lowest BCUT2D eigenvalue weighted by Crippen LogP contribution is -2.58. The molecule has 0 amide bonds. The van der Waals surface area contributed by atoms with Crippen molar-refractivity contribution in [2.75, 3.05) is 32.7 Å². The predicted octanol–water partition coefficient (Wildman–Crippen LogP) is 4.89. The molecule has 2 nitrogen and oxygen atoms in total. The molecule has 2 saturated heterocycles. The van der Waals surface area contributed by atoms with Crippen LogP contribution in [0.1, 0.15) is 71.4 Å². The number of hydrogen-bond acceptors (Lipinski definition) is 2. The van der Waals surface area contributed by atoms with E-state index in [-0.39, 0.29) is 5.41 Å². The normalized spacial score (nSPS) is 22.2. The first-order valence-corrected chi connectivity index (χ1v) is 10.2. The minimum Gasteiger partial charge on any atom is -0.303 e. The van der Waals surface area contributed by atoms with Crippen LogP contribution in [0.15, 0.2) is 24.3 Å². The van der Waals surface area contributed by atoms with Gasteiger partial charge in [-0.2, -0.15) is 0 Å². The highest BCUT2D eigenvalue weighted by atomic mass is 15.3. The van der Waals surface area contributed by atoms with Crippen molar-refractivity contribution >= 4 is 0 Å². The van der Waals surface area contributed by atoms with Crippen LogP contribution in [0.3, 0.4) is 0 Å². The van der Waals surface area contributed by atoms with Gasteiger partial charge in [-0.25, -0.2) is 0 Å². The van der Waals surface area contributed by atoms with E-state index in [0.717, 1.165) is 11.8 Å². The molecule has 2 aliphatic heterocycles. The van der Waals surface area contributed by atoms with Crippen molar-refractivity contribution in [1.82, 2.24) is 9.80 Å². The average molecular weight is 343 g/mol. The summed E-state index contributed by atoms with van der Waals surface area (Å²) < 4.78 is 0. The molecule has 0 atom stereocenters. The molecule has 0 N–H and O–H groups in total. The average Bonchev–Trinajstić information content (AvgIpc) is 2.49. The predicted molar refractivity (Wildman–Crippen MR) is 108 cm³/mol. The van der Waals surface area contributed by atoms with E-state index in [4.69, 9.17) is 0 Å².